The highest BCUT2D eigenvalue weighted by molar-refractivity contribution is 5.77. The van der Waals surface area contributed by atoms with E-state index in [0.717, 1.165) is 16.6 Å². The number of imidazole rings is 1. The van der Waals surface area contributed by atoms with Gasteiger partial charge in [-0.1, -0.05) is 48.5 Å². The maximum Gasteiger partial charge on any atom is 0.214 e. The van der Waals surface area contributed by atoms with E-state index in [1.165, 1.54) is 6.07 Å². The van der Waals surface area contributed by atoms with Gasteiger partial charge in [-0.15, -0.1) is 0 Å². The standard InChI is InChI=1S/C32H32FN3O5/c1-39-15-14-36-29-17-23(32(37)38)12-13-28(29)34-30(36)18-21-10-11-22(16-26(21)33)27-8-5-9-31(35-27)41-20-25-7-4-3-6-24(25)19-40-2/h3-13,16-17,32,37-38H,14-15,18-20H2,1-2H3. The van der Waals surface area contributed by atoms with Crippen LogP contribution in [-0.2, 0) is 35.7 Å². The number of hydrogen-bond acceptors (Lipinski definition) is 7. The molecule has 41 heavy (non-hydrogen) atoms. The van der Waals surface area contributed by atoms with Crippen molar-refractivity contribution in [2.45, 2.75) is 32.5 Å². The Morgan fingerprint density at radius 3 is 2.37 bits per heavy atom. The van der Waals surface area contributed by atoms with Crippen LogP contribution in [0.1, 0.15) is 34.4 Å². The average Bonchev–Trinajstić information content (AvgIpc) is 3.33. The summed E-state index contributed by atoms with van der Waals surface area (Å²) in [5.41, 5.74) is 5.53. The fourth-order valence-corrected chi connectivity index (χ4v) is 4.74. The summed E-state index contributed by atoms with van der Waals surface area (Å²) in [5, 5.41) is 19.2. The van der Waals surface area contributed by atoms with Crippen molar-refractivity contribution in [3.8, 4) is 17.1 Å². The first-order valence-electron chi connectivity index (χ1n) is 13.3. The van der Waals surface area contributed by atoms with Crippen molar-refractivity contribution in [1.82, 2.24) is 14.5 Å². The molecule has 2 N–H and O–H groups in total. The zero-order chi connectivity index (χ0) is 28.8. The fraction of sp³-hybridized carbons (Fsp3) is 0.250. The van der Waals surface area contributed by atoms with E-state index in [4.69, 9.17) is 19.2 Å². The molecule has 5 aromatic rings. The number of methoxy groups -OCH3 is 2. The summed E-state index contributed by atoms with van der Waals surface area (Å²) in [6, 6.07) is 23.4. The molecule has 0 spiro atoms. The topological polar surface area (TPSA) is 98.9 Å². The number of hydrogen-bond donors (Lipinski definition) is 2. The van der Waals surface area contributed by atoms with E-state index < -0.39 is 6.29 Å². The van der Waals surface area contributed by atoms with Crippen LogP contribution >= 0.6 is 0 Å². The number of benzene rings is 3. The Bertz CT molecular complexity index is 1640. The zero-order valence-electron chi connectivity index (χ0n) is 23.0. The predicted molar refractivity (Wildman–Crippen MR) is 153 cm³/mol. The number of nitrogens with zero attached hydrogens (tertiary/aromatic N) is 3. The maximum atomic E-state index is 15.4. The summed E-state index contributed by atoms with van der Waals surface area (Å²) in [7, 11) is 3.26. The van der Waals surface area contributed by atoms with Crippen LogP contribution in [0.15, 0.2) is 78.9 Å². The molecule has 0 aliphatic rings. The van der Waals surface area contributed by atoms with Gasteiger partial charge in [0.25, 0.3) is 0 Å². The van der Waals surface area contributed by atoms with Gasteiger partial charge in [-0.05, 0) is 41.0 Å². The van der Waals surface area contributed by atoms with Crippen molar-refractivity contribution in [2.75, 3.05) is 20.8 Å². The summed E-state index contributed by atoms with van der Waals surface area (Å²) in [6.07, 6.45) is -1.35. The van der Waals surface area contributed by atoms with Crippen molar-refractivity contribution in [3.63, 3.8) is 0 Å². The summed E-state index contributed by atoms with van der Waals surface area (Å²) in [4.78, 5) is 9.29. The molecule has 0 amide bonds. The molecule has 3 aromatic carbocycles. The first-order chi connectivity index (χ1) is 20.0. The Labute approximate surface area is 237 Å². The summed E-state index contributed by atoms with van der Waals surface area (Å²) < 4.78 is 33.8. The van der Waals surface area contributed by atoms with Gasteiger partial charge in [-0.3, -0.25) is 0 Å². The summed E-state index contributed by atoms with van der Waals surface area (Å²) in [6.45, 7) is 1.74. The molecule has 212 valence electrons. The van der Waals surface area contributed by atoms with Crippen LogP contribution < -0.4 is 4.74 Å². The third-order valence-corrected chi connectivity index (χ3v) is 6.88. The molecule has 8 nitrogen and oxygen atoms in total. The molecule has 0 bridgehead atoms. The van der Waals surface area contributed by atoms with Crippen LogP contribution in [-0.4, -0.2) is 45.6 Å². The van der Waals surface area contributed by atoms with Crippen LogP contribution in [0, 0.1) is 5.82 Å². The highest BCUT2D eigenvalue weighted by atomic mass is 19.1. The molecule has 0 aliphatic heterocycles. The van der Waals surface area contributed by atoms with Crippen molar-refractivity contribution >= 4 is 11.0 Å². The second-order valence-electron chi connectivity index (χ2n) is 9.63. The summed E-state index contributed by atoms with van der Waals surface area (Å²) in [5.74, 6) is 0.718. The Morgan fingerprint density at radius 1 is 0.829 bits per heavy atom. The van der Waals surface area contributed by atoms with Gasteiger partial charge in [0, 0.05) is 44.4 Å². The third kappa shape index (κ3) is 6.61. The lowest BCUT2D eigenvalue weighted by molar-refractivity contribution is -0.0424. The van der Waals surface area contributed by atoms with Crippen molar-refractivity contribution < 1.29 is 28.8 Å². The third-order valence-electron chi connectivity index (χ3n) is 6.88. The van der Waals surface area contributed by atoms with E-state index >= 15 is 4.39 Å². The lowest BCUT2D eigenvalue weighted by atomic mass is 10.1. The van der Waals surface area contributed by atoms with Crippen LogP contribution in [0.2, 0.25) is 0 Å². The molecular weight excluding hydrogens is 525 g/mol. The highest BCUT2D eigenvalue weighted by Crippen LogP contribution is 2.26. The Balaban J connectivity index is 1.36. The number of ether oxygens (including phenoxy) is 3. The van der Waals surface area contributed by atoms with Gasteiger partial charge in [0.2, 0.25) is 5.88 Å². The number of halogens is 1. The molecule has 2 heterocycles. The van der Waals surface area contributed by atoms with Gasteiger partial charge in [0.1, 0.15) is 18.2 Å². The van der Waals surface area contributed by atoms with Gasteiger partial charge in [0.15, 0.2) is 6.29 Å². The fourth-order valence-electron chi connectivity index (χ4n) is 4.74. The quantitative estimate of drug-likeness (QED) is 0.204. The van der Waals surface area contributed by atoms with E-state index in [1.807, 2.05) is 47.0 Å². The zero-order valence-corrected chi connectivity index (χ0v) is 23.0. The predicted octanol–water partition coefficient (Wildman–Crippen LogP) is 5.18. The molecule has 0 aliphatic carbocycles. The van der Waals surface area contributed by atoms with E-state index in [9.17, 15) is 10.2 Å². The lowest BCUT2D eigenvalue weighted by Gasteiger charge is -2.12. The molecule has 0 radical (unpaired) electrons. The first kappa shape index (κ1) is 28.4. The molecule has 0 unspecified atom stereocenters. The van der Waals surface area contributed by atoms with Crippen LogP contribution in [0.25, 0.3) is 22.3 Å². The molecule has 0 atom stereocenters. The molecule has 9 heteroatoms. The SMILES string of the molecule is COCCn1c(Cc2ccc(-c3cccc(OCc4ccccc4COC)n3)cc2F)nc2ccc(C(O)O)cc21. The van der Waals surface area contributed by atoms with Crippen molar-refractivity contribution in [3.05, 3.63) is 113 Å². The van der Waals surface area contributed by atoms with Crippen LogP contribution in [0.5, 0.6) is 5.88 Å². The number of fused-ring (bicyclic) bond motifs is 1. The highest BCUT2D eigenvalue weighted by Gasteiger charge is 2.16. The molecule has 0 saturated heterocycles. The minimum absolute atomic E-state index is 0.249. The van der Waals surface area contributed by atoms with Gasteiger partial charge in [-0.2, -0.15) is 0 Å². The summed E-state index contributed by atoms with van der Waals surface area (Å²) >= 11 is 0. The second-order valence-corrected chi connectivity index (χ2v) is 9.63. The molecule has 2 aromatic heterocycles. The van der Waals surface area contributed by atoms with Crippen molar-refractivity contribution in [2.24, 2.45) is 0 Å². The monoisotopic (exact) mass is 557 g/mol. The molecule has 0 fully saturated rings. The van der Waals surface area contributed by atoms with Crippen molar-refractivity contribution in [1.29, 1.82) is 0 Å². The Kier molecular flexibility index (Phi) is 9.01. The van der Waals surface area contributed by atoms with E-state index in [0.29, 0.717) is 66.0 Å². The molecular formula is C32H32FN3O5. The van der Waals surface area contributed by atoms with E-state index in [-0.39, 0.29) is 12.2 Å². The van der Waals surface area contributed by atoms with Gasteiger partial charge in [-0.25, -0.2) is 14.4 Å². The largest absolute Gasteiger partial charge is 0.473 e. The van der Waals surface area contributed by atoms with E-state index in [1.54, 1.807) is 44.6 Å². The number of aliphatic hydroxyl groups is 2. The normalized spacial score (nSPS) is 11.5. The molecule has 0 saturated carbocycles. The van der Waals surface area contributed by atoms with Gasteiger partial charge < -0.3 is 29.0 Å². The number of rotatable bonds is 12. The smallest absolute Gasteiger partial charge is 0.214 e. The number of aromatic nitrogens is 3. The van der Waals surface area contributed by atoms with E-state index in [2.05, 4.69) is 4.98 Å². The average molecular weight is 558 g/mol. The minimum atomic E-state index is -1.59. The number of pyridine rings is 1. The van der Waals surface area contributed by atoms with Gasteiger partial charge in [0.05, 0.1) is 29.9 Å². The Morgan fingerprint density at radius 2 is 1.63 bits per heavy atom. The first-order valence-corrected chi connectivity index (χ1v) is 13.3. The minimum Gasteiger partial charge on any atom is -0.473 e. The van der Waals surface area contributed by atoms with Crippen LogP contribution in [0.4, 0.5) is 4.39 Å². The Hall–Kier alpha value is -4.15. The number of aliphatic hydroxyl groups excluding tert-OH is 1. The second kappa shape index (κ2) is 13.0. The molecule has 5 rings (SSSR count). The maximum absolute atomic E-state index is 15.4. The van der Waals surface area contributed by atoms with Crippen LogP contribution in [0.3, 0.4) is 0 Å². The van der Waals surface area contributed by atoms with Gasteiger partial charge >= 0.3 is 0 Å². The lowest BCUT2D eigenvalue weighted by Crippen LogP contribution is -2.10.